The molecule has 0 aliphatic rings. The summed E-state index contributed by atoms with van der Waals surface area (Å²) >= 11 is 18.9. The minimum atomic E-state index is -0.167. The zero-order valence-electron chi connectivity index (χ0n) is 17.1. The zero-order valence-corrected chi connectivity index (χ0v) is 19.4. The highest BCUT2D eigenvalue weighted by Crippen LogP contribution is 2.36. The number of hydrogen-bond acceptors (Lipinski definition) is 3. The Bertz CT molecular complexity index is 1240. The van der Waals surface area contributed by atoms with E-state index < -0.39 is 0 Å². The summed E-state index contributed by atoms with van der Waals surface area (Å²) in [6.45, 7) is 8.35. The monoisotopic (exact) mass is 458 g/mol. The standard InChI is InChI=1S/C23H21Cl3N4/c1-13-21(17-7-5-6-8-18(17)26)22-28-19(23(2,3)4)12-20(30(22)29-13)27-16-10-14(24)9-15(25)11-16/h5-12,27H,1-4H3. The van der Waals surface area contributed by atoms with Gasteiger partial charge < -0.3 is 5.32 Å². The molecule has 0 bridgehead atoms. The van der Waals surface area contributed by atoms with Gasteiger partial charge in [0, 0.05) is 37.8 Å². The number of fused-ring (bicyclic) bond motifs is 1. The van der Waals surface area contributed by atoms with E-state index in [0.29, 0.717) is 15.1 Å². The smallest absolute Gasteiger partial charge is 0.165 e. The van der Waals surface area contributed by atoms with Gasteiger partial charge in [0.2, 0.25) is 0 Å². The van der Waals surface area contributed by atoms with Crippen LogP contribution in [0.2, 0.25) is 15.1 Å². The largest absolute Gasteiger partial charge is 0.340 e. The second-order valence-corrected chi connectivity index (χ2v) is 9.52. The minimum absolute atomic E-state index is 0.167. The maximum Gasteiger partial charge on any atom is 0.165 e. The first-order valence-electron chi connectivity index (χ1n) is 9.52. The van der Waals surface area contributed by atoms with Crippen molar-refractivity contribution in [3.63, 3.8) is 0 Å². The summed E-state index contributed by atoms with van der Waals surface area (Å²) in [5.74, 6) is 0.768. The lowest BCUT2D eigenvalue weighted by molar-refractivity contribution is 0.569. The molecule has 0 atom stereocenters. The van der Waals surface area contributed by atoms with Gasteiger partial charge in [-0.1, -0.05) is 73.8 Å². The van der Waals surface area contributed by atoms with Gasteiger partial charge in [0.05, 0.1) is 17.0 Å². The van der Waals surface area contributed by atoms with Crippen molar-refractivity contribution in [3.05, 3.63) is 75.0 Å². The molecular formula is C23H21Cl3N4. The molecule has 4 rings (SSSR count). The highest BCUT2D eigenvalue weighted by atomic mass is 35.5. The molecule has 0 fully saturated rings. The summed E-state index contributed by atoms with van der Waals surface area (Å²) in [6.07, 6.45) is 0. The molecule has 0 spiro atoms. The fourth-order valence-electron chi connectivity index (χ4n) is 3.35. The van der Waals surface area contributed by atoms with E-state index in [1.54, 1.807) is 10.6 Å². The maximum absolute atomic E-state index is 6.51. The molecule has 7 heteroatoms. The lowest BCUT2D eigenvalue weighted by Gasteiger charge is -2.20. The fourth-order valence-corrected chi connectivity index (χ4v) is 4.11. The molecule has 0 amide bonds. The van der Waals surface area contributed by atoms with E-state index >= 15 is 0 Å². The van der Waals surface area contributed by atoms with E-state index in [0.717, 1.165) is 39.7 Å². The number of nitrogens with one attached hydrogen (secondary N) is 1. The van der Waals surface area contributed by atoms with Gasteiger partial charge in [-0.25, -0.2) is 4.98 Å². The number of hydrogen-bond donors (Lipinski definition) is 1. The Labute approximate surface area is 190 Å². The summed E-state index contributed by atoms with van der Waals surface area (Å²) in [5, 5.41) is 9.94. The van der Waals surface area contributed by atoms with Crippen LogP contribution in [0.15, 0.2) is 48.5 Å². The Balaban J connectivity index is 1.98. The van der Waals surface area contributed by atoms with Gasteiger partial charge in [-0.3, -0.25) is 0 Å². The molecule has 2 aromatic carbocycles. The predicted molar refractivity (Wildman–Crippen MR) is 127 cm³/mol. The van der Waals surface area contributed by atoms with Gasteiger partial charge in [0.25, 0.3) is 0 Å². The number of nitrogens with zero attached hydrogens (tertiary/aromatic N) is 3. The SMILES string of the molecule is Cc1nn2c(Nc3cc(Cl)cc(Cl)c3)cc(C(C)(C)C)nc2c1-c1ccccc1Cl. The summed E-state index contributed by atoms with van der Waals surface area (Å²) in [4.78, 5) is 4.97. The Kier molecular flexibility index (Phi) is 5.43. The average Bonchev–Trinajstić information content (AvgIpc) is 2.97. The highest BCUT2D eigenvalue weighted by Gasteiger charge is 2.23. The molecule has 1 N–H and O–H groups in total. The third-order valence-corrected chi connectivity index (χ3v) is 5.58. The number of aromatic nitrogens is 3. The van der Waals surface area contributed by atoms with Gasteiger partial charge in [0.1, 0.15) is 5.82 Å². The second kappa shape index (κ2) is 7.77. The van der Waals surface area contributed by atoms with Crippen LogP contribution in [0, 0.1) is 6.92 Å². The second-order valence-electron chi connectivity index (χ2n) is 8.24. The van der Waals surface area contributed by atoms with Gasteiger partial charge in [-0.2, -0.15) is 9.61 Å². The first kappa shape index (κ1) is 21.0. The number of aryl methyl sites for hydroxylation is 1. The van der Waals surface area contributed by atoms with E-state index in [4.69, 9.17) is 44.9 Å². The molecule has 2 heterocycles. The maximum atomic E-state index is 6.51. The Morgan fingerprint density at radius 1 is 0.933 bits per heavy atom. The van der Waals surface area contributed by atoms with Gasteiger partial charge in [0.15, 0.2) is 5.65 Å². The molecule has 0 aliphatic heterocycles. The average molecular weight is 460 g/mol. The molecule has 4 nitrogen and oxygen atoms in total. The summed E-state index contributed by atoms with van der Waals surface area (Å²) in [6, 6.07) is 15.1. The third kappa shape index (κ3) is 4.00. The normalized spacial score (nSPS) is 11.8. The first-order chi connectivity index (χ1) is 14.1. The van der Waals surface area contributed by atoms with E-state index in [1.165, 1.54) is 0 Å². The van der Waals surface area contributed by atoms with Crippen molar-refractivity contribution in [3.8, 4) is 11.1 Å². The molecule has 0 saturated heterocycles. The number of rotatable bonds is 3. The zero-order chi connectivity index (χ0) is 21.6. The van der Waals surface area contributed by atoms with E-state index in [9.17, 15) is 0 Å². The molecule has 154 valence electrons. The predicted octanol–water partition coefficient (Wildman–Crippen LogP) is 7.71. The molecule has 0 saturated carbocycles. The van der Waals surface area contributed by atoms with Crippen LogP contribution in [-0.4, -0.2) is 14.6 Å². The quantitative estimate of drug-likeness (QED) is 0.341. The summed E-state index contributed by atoms with van der Waals surface area (Å²) < 4.78 is 1.80. The van der Waals surface area contributed by atoms with E-state index in [2.05, 4.69) is 26.1 Å². The van der Waals surface area contributed by atoms with Crippen molar-refractivity contribution in [2.24, 2.45) is 0 Å². The van der Waals surface area contributed by atoms with Crippen LogP contribution >= 0.6 is 34.8 Å². The lowest BCUT2D eigenvalue weighted by Crippen LogP contribution is -2.16. The number of halogens is 3. The highest BCUT2D eigenvalue weighted by molar-refractivity contribution is 6.35. The topological polar surface area (TPSA) is 42.2 Å². The number of benzene rings is 2. The van der Waals surface area contributed by atoms with Crippen molar-refractivity contribution >= 4 is 52.0 Å². The van der Waals surface area contributed by atoms with Crippen LogP contribution in [0.5, 0.6) is 0 Å². The van der Waals surface area contributed by atoms with Crippen molar-refractivity contribution in [1.82, 2.24) is 14.6 Å². The molecule has 0 unspecified atom stereocenters. The van der Waals surface area contributed by atoms with Crippen molar-refractivity contribution in [1.29, 1.82) is 0 Å². The van der Waals surface area contributed by atoms with Crippen molar-refractivity contribution < 1.29 is 0 Å². The Morgan fingerprint density at radius 3 is 2.23 bits per heavy atom. The minimum Gasteiger partial charge on any atom is -0.340 e. The Hall–Kier alpha value is -2.27. The molecule has 0 aliphatic carbocycles. The van der Waals surface area contributed by atoms with Crippen LogP contribution < -0.4 is 5.32 Å². The van der Waals surface area contributed by atoms with Crippen LogP contribution in [0.25, 0.3) is 16.8 Å². The van der Waals surface area contributed by atoms with E-state index in [-0.39, 0.29) is 5.41 Å². The molecule has 30 heavy (non-hydrogen) atoms. The van der Waals surface area contributed by atoms with Crippen LogP contribution in [0.3, 0.4) is 0 Å². The van der Waals surface area contributed by atoms with Crippen molar-refractivity contribution in [2.75, 3.05) is 5.32 Å². The van der Waals surface area contributed by atoms with E-state index in [1.807, 2.05) is 49.4 Å². The van der Waals surface area contributed by atoms with Crippen LogP contribution in [0.1, 0.15) is 32.2 Å². The molecule has 2 aromatic heterocycles. The van der Waals surface area contributed by atoms with Gasteiger partial charge >= 0.3 is 0 Å². The number of anilines is 2. The van der Waals surface area contributed by atoms with Crippen LogP contribution in [-0.2, 0) is 5.41 Å². The molecule has 0 radical (unpaired) electrons. The molecule has 4 aromatic rings. The summed E-state index contributed by atoms with van der Waals surface area (Å²) in [7, 11) is 0. The first-order valence-corrected chi connectivity index (χ1v) is 10.7. The fraction of sp³-hybridized carbons (Fsp3) is 0.217. The molecular weight excluding hydrogens is 439 g/mol. The van der Waals surface area contributed by atoms with Crippen molar-refractivity contribution in [2.45, 2.75) is 33.1 Å². The van der Waals surface area contributed by atoms with Gasteiger partial charge in [-0.05, 0) is 31.2 Å². The summed E-state index contributed by atoms with van der Waals surface area (Å²) in [5.41, 5.74) is 4.93. The lowest BCUT2D eigenvalue weighted by atomic mass is 9.92. The van der Waals surface area contributed by atoms with Crippen LogP contribution in [0.4, 0.5) is 11.5 Å². The third-order valence-electron chi connectivity index (χ3n) is 4.81. The Morgan fingerprint density at radius 2 is 1.60 bits per heavy atom. The van der Waals surface area contributed by atoms with Gasteiger partial charge in [-0.15, -0.1) is 0 Å².